The Balaban J connectivity index is 2.58. The molecule has 2 N–H and O–H groups in total. The van der Waals surface area contributed by atoms with E-state index in [0.717, 1.165) is 0 Å². The summed E-state index contributed by atoms with van der Waals surface area (Å²) in [7, 11) is 0. The van der Waals surface area contributed by atoms with Crippen molar-refractivity contribution in [2.24, 2.45) is 0 Å². The van der Waals surface area contributed by atoms with Gasteiger partial charge in [-0.3, -0.25) is 4.79 Å². The second-order valence-corrected chi connectivity index (χ2v) is 3.33. The van der Waals surface area contributed by atoms with Crippen LogP contribution in [-0.4, -0.2) is 29.0 Å². The minimum Gasteiger partial charge on any atom is -0.367 e. The molecule has 0 unspecified atom stereocenters. The van der Waals surface area contributed by atoms with Crippen LogP contribution in [0.3, 0.4) is 0 Å². The highest BCUT2D eigenvalue weighted by atomic mass is 35.5. The highest BCUT2D eigenvalue weighted by molar-refractivity contribution is 6.33. The minimum absolute atomic E-state index is 0.194. The SMILES string of the molecule is Cc1nc(Cl)c2c(n1)NCCNC2=O. The maximum Gasteiger partial charge on any atom is 0.258 e. The average molecular weight is 213 g/mol. The maximum atomic E-state index is 11.5. The number of anilines is 1. The van der Waals surface area contributed by atoms with Crippen LogP contribution in [0.4, 0.5) is 5.82 Å². The first-order valence-corrected chi connectivity index (χ1v) is 4.62. The summed E-state index contributed by atoms with van der Waals surface area (Å²) in [5.74, 6) is 0.837. The Morgan fingerprint density at radius 1 is 1.29 bits per heavy atom. The van der Waals surface area contributed by atoms with Crippen molar-refractivity contribution in [1.82, 2.24) is 15.3 Å². The molecular formula is C8H9ClN4O. The molecule has 0 saturated heterocycles. The number of carbonyl (C=O) groups is 1. The summed E-state index contributed by atoms with van der Waals surface area (Å²) in [5.41, 5.74) is 0.328. The fraction of sp³-hybridized carbons (Fsp3) is 0.375. The fourth-order valence-electron chi connectivity index (χ4n) is 1.31. The average Bonchev–Trinajstić information content (AvgIpc) is 2.27. The Labute approximate surface area is 85.9 Å². The van der Waals surface area contributed by atoms with Crippen molar-refractivity contribution in [2.75, 3.05) is 18.4 Å². The first-order valence-electron chi connectivity index (χ1n) is 4.24. The molecule has 1 aliphatic heterocycles. The van der Waals surface area contributed by atoms with Crippen LogP contribution >= 0.6 is 11.6 Å². The number of fused-ring (bicyclic) bond motifs is 1. The Kier molecular flexibility index (Phi) is 2.25. The lowest BCUT2D eigenvalue weighted by atomic mass is 10.3. The van der Waals surface area contributed by atoms with Crippen molar-refractivity contribution in [2.45, 2.75) is 6.92 Å². The van der Waals surface area contributed by atoms with Crippen molar-refractivity contribution in [1.29, 1.82) is 0 Å². The first-order chi connectivity index (χ1) is 6.68. The van der Waals surface area contributed by atoms with E-state index in [9.17, 15) is 4.79 Å². The van der Waals surface area contributed by atoms with E-state index >= 15 is 0 Å². The van der Waals surface area contributed by atoms with Crippen molar-refractivity contribution in [3.8, 4) is 0 Å². The molecule has 0 spiro atoms. The number of aryl methyl sites for hydroxylation is 1. The van der Waals surface area contributed by atoms with Crippen molar-refractivity contribution < 1.29 is 4.79 Å². The van der Waals surface area contributed by atoms with Gasteiger partial charge in [0.05, 0.1) is 0 Å². The van der Waals surface area contributed by atoms with Gasteiger partial charge in [-0.2, -0.15) is 0 Å². The number of carbonyl (C=O) groups excluding carboxylic acids is 1. The van der Waals surface area contributed by atoms with Gasteiger partial charge in [-0.05, 0) is 6.92 Å². The van der Waals surface area contributed by atoms with Gasteiger partial charge in [0.1, 0.15) is 22.4 Å². The molecule has 14 heavy (non-hydrogen) atoms. The number of halogens is 1. The lowest BCUT2D eigenvalue weighted by Crippen LogP contribution is -2.25. The number of rotatable bonds is 0. The molecule has 1 aromatic rings. The van der Waals surface area contributed by atoms with E-state index < -0.39 is 0 Å². The van der Waals surface area contributed by atoms with Crippen LogP contribution in [0.25, 0.3) is 0 Å². The van der Waals surface area contributed by atoms with E-state index in [1.807, 2.05) is 0 Å². The number of amides is 1. The van der Waals surface area contributed by atoms with Crippen molar-refractivity contribution in [3.63, 3.8) is 0 Å². The molecule has 0 fully saturated rings. The zero-order chi connectivity index (χ0) is 10.1. The standard InChI is InChI=1S/C8H9ClN4O/c1-4-12-6(9)5-7(13-4)10-2-3-11-8(5)14/h2-3H2,1H3,(H,11,14)(H,10,12,13). The third-order valence-electron chi connectivity index (χ3n) is 1.91. The molecule has 5 nitrogen and oxygen atoms in total. The molecule has 0 radical (unpaired) electrons. The fourth-order valence-corrected chi connectivity index (χ4v) is 1.61. The van der Waals surface area contributed by atoms with Crippen LogP contribution < -0.4 is 10.6 Å². The predicted octanol–water partition coefficient (Wildman–Crippen LogP) is 0.594. The molecule has 2 rings (SSSR count). The molecule has 6 heteroatoms. The Bertz CT molecular complexity index is 393. The van der Waals surface area contributed by atoms with Crippen LogP contribution in [0.15, 0.2) is 0 Å². The van der Waals surface area contributed by atoms with E-state index in [1.165, 1.54) is 0 Å². The van der Waals surface area contributed by atoms with E-state index in [1.54, 1.807) is 6.92 Å². The number of aromatic nitrogens is 2. The van der Waals surface area contributed by atoms with Gasteiger partial charge in [0, 0.05) is 13.1 Å². The molecule has 0 aliphatic carbocycles. The monoisotopic (exact) mass is 212 g/mol. The van der Waals surface area contributed by atoms with Crippen LogP contribution in [0.5, 0.6) is 0 Å². The largest absolute Gasteiger partial charge is 0.367 e. The predicted molar refractivity (Wildman–Crippen MR) is 52.6 cm³/mol. The Morgan fingerprint density at radius 2 is 2.00 bits per heavy atom. The van der Waals surface area contributed by atoms with Crippen LogP contribution in [0.2, 0.25) is 5.15 Å². The van der Waals surface area contributed by atoms with Gasteiger partial charge in [0.2, 0.25) is 0 Å². The highest BCUT2D eigenvalue weighted by Crippen LogP contribution is 2.21. The minimum atomic E-state index is -0.227. The summed E-state index contributed by atoms with van der Waals surface area (Å²) in [6, 6.07) is 0. The summed E-state index contributed by atoms with van der Waals surface area (Å²) in [4.78, 5) is 19.6. The summed E-state index contributed by atoms with van der Waals surface area (Å²) in [6.45, 7) is 2.94. The van der Waals surface area contributed by atoms with E-state index in [2.05, 4.69) is 20.6 Å². The Morgan fingerprint density at radius 3 is 2.79 bits per heavy atom. The highest BCUT2D eigenvalue weighted by Gasteiger charge is 2.20. The molecule has 0 atom stereocenters. The number of hydrogen-bond donors (Lipinski definition) is 2. The molecule has 1 aliphatic rings. The molecule has 0 aromatic carbocycles. The van der Waals surface area contributed by atoms with E-state index in [-0.39, 0.29) is 11.1 Å². The summed E-state index contributed by atoms with van der Waals surface area (Å²) in [5, 5.41) is 5.91. The first kappa shape index (κ1) is 9.21. The molecule has 0 bridgehead atoms. The second kappa shape index (κ2) is 3.42. The number of nitrogens with zero attached hydrogens (tertiary/aromatic N) is 2. The third-order valence-corrected chi connectivity index (χ3v) is 2.18. The summed E-state index contributed by atoms with van der Waals surface area (Å²) in [6.07, 6.45) is 0. The third kappa shape index (κ3) is 1.50. The van der Waals surface area contributed by atoms with Crippen molar-refractivity contribution >= 4 is 23.3 Å². The molecule has 74 valence electrons. The number of nitrogens with one attached hydrogen (secondary N) is 2. The zero-order valence-corrected chi connectivity index (χ0v) is 8.35. The lowest BCUT2D eigenvalue weighted by molar-refractivity contribution is 0.0957. The number of hydrogen-bond acceptors (Lipinski definition) is 4. The van der Waals surface area contributed by atoms with Crippen LogP contribution in [0.1, 0.15) is 16.2 Å². The van der Waals surface area contributed by atoms with E-state index in [4.69, 9.17) is 11.6 Å². The van der Waals surface area contributed by atoms with E-state index in [0.29, 0.717) is 30.3 Å². The van der Waals surface area contributed by atoms with Gasteiger partial charge >= 0.3 is 0 Å². The molecule has 2 heterocycles. The molecule has 1 amide bonds. The molecule has 1 aromatic heterocycles. The van der Waals surface area contributed by atoms with Gasteiger partial charge in [-0.15, -0.1) is 0 Å². The van der Waals surface area contributed by atoms with Crippen molar-refractivity contribution in [3.05, 3.63) is 16.5 Å². The summed E-state index contributed by atoms with van der Waals surface area (Å²) < 4.78 is 0. The van der Waals surface area contributed by atoms with Gasteiger partial charge in [0.15, 0.2) is 0 Å². The molecular weight excluding hydrogens is 204 g/mol. The van der Waals surface area contributed by atoms with Gasteiger partial charge in [-0.25, -0.2) is 9.97 Å². The quantitative estimate of drug-likeness (QED) is 0.618. The smallest absolute Gasteiger partial charge is 0.258 e. The molecule has 0 saturated carbocycles. The van der Waals surface area contributed by atoms with Gasteiger partial charge in [-0.1, -0.05) is 11.6 Å². The second-order valence-electron chi connectivity index (χ2n) is 2.97. The Hall–Kier alpha value is -1.36. The van der Waals surface area contributed by atoms with Gasteiger partial charge < -0.3 is 10.6 Å². The van der Waals surface area contributed by atoms with Gasteiger partial charge in [0.25, 0.3) is 5.91 Å². The topological polar surface area (TPSA) is 66.9 Å². The summed E-state index contributed by atoms with van der Waals surface area (Å²) >= 11 is 5.86. The lowest BCUT2D eigenvalue weighted by Gasteiger charge is -2.06. The van der Waals surface area contributed by atoms with Crippen LogP contribution in [-0.2, 0) is 0 Å². The zero-order valence-electron chi connectivity index (χ0n) is 7.59. The normalized spacial score (nSPS) is 15.1. The maximum absolute atomic E-state index is 11.5. The van der Waals surface area contributed by atoms with Crippen LogP contribution in [0, 0.1) is 6.92 Å².